The van der Waals surface area contributed by atoms with Crippen LogP contribution in [0.3, 0.4) is 0 Å². The van der Waals surface area contributed by atoms with Crippen LogP contribution in [0, 0.1) is 17.8 Å². The molecule has 0 aromatic carbocycles. The van der Waals surface area contributed by atoms with Gasteiger partial charge in [0.05, 0.1) is 12.7 Å². The fourth-order valence-electron chi connectivity index (χ4n) is 3.63. The molecular formula is C14H22N4O2. The van der Waals surface area contributed by atoms with Crippen LogP contribution in [-0.4, -0.2) is 28.8 Å². The monoisotopic (exact) mass is 278 g/mol. The van der Waals surface area contributed by atoms with Crippen molar-refractivity contribution in [2.75, 3.05) is 7.11 Å². The van der Waals surface area contributed by atoms with Crippen molar-refractivity contribution in [1.29, 1.82) is 0 Å². The minimum absolute atomic E-state index is 0.126. The van der Waals surface area contributed by atoms with E-state index in [1.165, 1.54) is 0 Å². The molecular weight excluding hydrogens is 256 g/mol. The number of carbonyl (C=O) groups excluding carboxylic acids is 1. The van der Waals surface area contributed by atoms with Gasteiger partial charge < -0.3 is 15.8 Å². The maximum Gasteiger partial charge on any atom is 0.237 e. The molecule has 4 atom stereocenters. The van der Waals surface area contributed by atoms with E-state index in [-0.39, 0.29) is 11.8 Å². The van der Waals surface area contributed by atoms with Crippen molar-refractivity contribution in [3.63, 3.8) is 0 Å². The minimum Gasteiger partial charge on any atom is -0.480 e. The van der Waals surface area contributed by atoms with Gasteiger partial charge >= 0.3 is 0 Å². The zero-order valence-corrected chi connectivity index (χ0v) is 12.0. The minimum atomic E-state index is 0.126. The fourth-order valence-corrected chi connectivity index (χ4v) is 3.63. The molecule has 1 heterocycles. The molecule has 2 aliphatic carbocycles. The molecule has 3 rings (SSSR count). The number of hydrogen-bond acceptors (Lipinski definition) is 4. The van der Waals surface area contributed by atoms with Crippen molar-refractivity contribution in [2.24, 2.45) is 30.5 Å². The van der Waals surface area contributed by atoms with E-state index >= 15 is 0 Å². The van der Waals surface area contributed by atoms with Crippen LogP contribution >= 0.6 is 0 Å². The van der Waals surface area contributed by atoms with Gasteiger partial charge in [0.1, 0.15) is 0 Å². The third kappa shape index (κ3) is 2.28. The third-order valence-electron chi connectivity index (χ3n) is 4.76. The average Bonchev–Trinajstić information content (AvgIpc) is 2.95. The van der Waals surface area contributed by atoms with Gasteiger partial charge in [-0.2, -0.15) is 0 Å². The van der Waals surface area contributed by atoms with Crippen molar-refractivity contribution in [2.45, 2.75) is 31.8 Å². The van der Waals surface area contributed by atoms with Gasteiger partial charge in [-0.15, -0.1) is 5.10 Å². The van der Waals surface area contributed by atoms with E-state index in [0.29, 0.717) is 30.3 Å². The summed E-state index contributed by atoms with van der Waals surface area (Å²) in [7, 11) is 3.42. The lowest BCUT2D eigenvalue weighted by molar-refractivity contribution is -0.125. The number of fused-ring (bicyclic) bond motifs is 1. The lowest BCUT2D eigenvalue weighted by Crippen LogP contribution is -2.44. The van der Waals surface area contributed by atoms with E-state index in [4.69, 9.17) is 10.5 Å². The second-order valence-electron chi connectivity index (χ2n) is 6.05. The number of carbonyl (C=O) groups is 1. The molecule has 0 bridgehead atoms. The van der Waals surface area contributed by atoms with Gasteiger partial charge in [0.25, 0.3) is 0 Å². The molecule has 6 nitrogen and oxygen atoms in total. The number of amides is 1. The maximum atomic E-state index is 12.2. The molecule has 3 N–H and O–H groups in total. The topological polar surface area (TPSA) is 82.2 Å². The van der Waals surface area contributed by atoms with Crippen LogP contribution in [0.4, 0.5) is 0 Å². The normalized spacial score (nSPS) is 31.6. The number of ether oxygens (including phenoxy) is 1. The molecule has 1 aromatic rings. The second-order valence-corrected chi connectivity index (χ2v) is 6.05. The van der Waals surface area contributed by atoms with Gasteiger partial charge in [-0.1, -0.05) is 0 Å². The highest BCUT2D eigenvalue weighted by atomic mass is 16.5. The first-order valence-corrected chi connectivity index (χ1v) is 7.18. The number of nitrogens with one attached hydrogen (secondary N) is 1. The summed E-state index contributed by atoms with van der Waals surface area (Å²) < 4.78 is 6.87. The van der Waals surface area contributed by atoms with Crippen molar-refractivity contribution in [3.8, 4) is 5.88 Å². The molecule has 6 heteroatoms. The zero-order chi connectivity index (χ0) is 14.3. The highest BCUT2D eigenvalue weighted by molar-refractivity contribution is 5.79. The Balaban J connectivity index is 1.54. The van der Waals surface area contributed by atoms with Crippen molar-refractivity contribution in [1.82, 2.24) is 15.1 Å². The molecule has 1 unspecified atom stereocenters. The number of aromatic nitrogens is 2. The van der Waals surface area contributed by atoms with Crippen LogP contribution in [0.1, 0.15) is 24.8 Å². The number of hydrogen-bond donors (Lipinski definition) is 2. The van der Waals surface area contributed by atoms with Gasteiger partial charge in [0, 0.05) is 31.7 Å². The molecule has 0 aliphatic heterocycles. The lowest BCUT2D eigenvalue weighted by Gasteiger charge is -2.37. The number of nitrogens with zero attached hydrogens (tertiary/aromatic N) is 2. The van der Waals surface area contributed by atoms with Crippen LogP contribution < -0.4 is 15.8 Å². The zero-order valence-electron chi connectivity index (χ0n) is 12.0. The van der Waals surface area contributed by atoms with E-state index in [1.807, 2.05) is 13.2 Å². The van der Waals surface area contributed by atoms with Crippen molar-refractivity contribution >= 4 is 5.91 Å². The highest BCUT2D eigenvalue weighted by Gasteiger charge is 2.47. The molecule has 2 saturated carbocycles. The summed E-state index contributed by atoms with van der Waals surface area (Å²) in [5.41, 5.74) is 6.88. The van der Waals surface area contributed by atoms with E-state index in [0.717, 1.165) is 24.8 Å². The summed E-state index contributed by atoms with van der Waals surface area (Å²) in [6.07, 6.45) is 4.90. The number of methoxy groups -OCH3 is 1. The SMILES string of the molecule is COc1nn(C)cc1CNC(=O)C1C[C@@H]2C[C@H](N)[C@@H]2C1. The van der Waals surface area contributed by atoms with E-state index in [2.05, 4.69) is 10.4 Å². The Bertz CT molecular complexity index is 513. The molecule has 0 spiro atoms. The maximum absolute atomic E-state index is 12.2. The number of aryl methyl sites for hydroxylation is 1. The Hall–Kier alpha value is -1.56. The molecule has 1 aromatic heterocycles. The Morgan fingerprint density at radius 2 is 2.35 bits per heavy atom. The van der Waals surface area contributed by atoms with Gasteiger partial charge in [-0.3, -0.25) is 9.48 Å². The lowest BCUT2D eigenvalue weighted by atomic mass is 9.72. The van der Waals surface area contributed by atoms with Crippen LogP contribution in [0.25, 0.3) is 0 Å². The van der Waals surface area contributed by atoms with Gasteiger partial charge in [-0.05, 0) is 31.1 Å². The largest absolute Gasteiger partial charge is 0.480 e. The Kier molecular flexibility index (Phi) is 3.41. The van der Waals surface area contributed by atoms with Crippen molar-refractivity contribution in [3.05, 3.63) is 11.8 Å². The first-order chi connectivity index (χ1) is 9.58. The summed E-state index contributed by atoms with van der Waals surface area (Å²) in [5, 5.41) is 7.17. The highest BCUT2D eigenvalue weighted by Crippen LogP contribution is 2.48. The third-order valence-corrected chi connectivity index (χ3v) is 4.76. The molecule has 1 amide bonds. The Morgan fingerprint density at radius 3 is 3.00 bits per heavy atom. The van der Waals surface area contributed by atoms with Crippen LogP contribution in [0.15, 0.2) is 6.20 Å². The first kappa shape index (κ1) is 13.4. The standard InChI is InChI=1S/C14H22N4O2/c1-18-7-10(14(17-18)20-2)6-16-13(19)9-3-8-5-12(15)11(8)4-9/h7-9,11-12H,3-6,15H2,1-2H3,(H,16,19)/t8-,9?,11-,12+/m1/s1. The summed E-state index contributed by atoms with van der Waals surface area (Å²) in [6, 6.07) is 0.316. The molecule has 0 radical (unpaired) electrons. The predicted octanol–water partition coefficient (Wildman–Crippen LogP) is 0.418. The van der Waals surface area contributed by atoms with Gasteiger partial charge in [0.15, 0.2) is 0 Å². The summed E-state index contributed by atoms with van der Waals surface area (Å²) in [4.78, 5) is 12.2. The molecule has 20 heavy (non-hydrogen) atoms. The average molecular weight is 278 g/mol. The fraction of sp³-hybridized carbons (Fsp3) is 0.714. The Labute approximate surface area is 118 Å². The number of rotatable bonds is 4. The van der Waals surface area contributed by atoms with Crippen molar-refractivity contribution < 1.29 is 9.53 Å². The summed E-state index contributed by atoms with van der Waals surface area (Å²) >= 11 is 0. The van der Waals surface area contributed by atoms with E-state index in [9.17, 15) is 4.79 Å². The molecule has 110 valence electrons. The first-order valence-electron chi connectivity index (χ1n) is 7.18. The van der Waals surface area contributed by atoms with Gasteiger partial charge in [0.2, 0.25) is 11.8 Å². The molecule has 0 saturated heterocycles. The molecule has 2 fully saturated rings. The summed E-state index contributed by atoms with van der Waals surface area (Å²) in [6.45, 7) is 0.466. The predicted molar refractivity (Wildman–Crippen MR) is 73.9 cm³/mol. The summed E-state index contributed by atoms with van der Waals surface area (Å²) in [5.74, 6) is 2.08. The van der Waals surface area contributed by atoms with Crippen LogP contribution in [-0.2, 0) is 18.4 Å². The Morgan fingerprint density at radius 1 is 1.55 bits per heavy atom. The number of nitrogens with two attached hydrogens (primary N) is 1. The van der Waals surface area contributed by atoms with E-state index in [1.54, 1.807) is 11.8 Å². The molecule has 2 aliphatic rings. The second kappa shape index (κ2) is 5.09. The van der Waals surface area contributed by atoms with Gasteiger partial charge in [-0.25, -0.2) is 0 Å². The smallest absolute Gasteiger partial charge is 0.237 e. The quantitative estimate of drug-likeness (QED) is 0.836. The van der Waals surface area contributed by atoms with Crippen LogP contribution in [0.5, 0.6) is 5.88 Å². The van der Waals surface area contributed by atoms with E-state index < -0.39 is 0 Å². The van der Waals surface area contributed by atoms with Crippen LogP contribution in [0.2, 0.25) is 0 Å².